The lowest BCUT2D eigenvalue weighted by Gasteiger charge is -2.16. The molecule has 0 saturated carbocycles. The largest absolute Gasteiger partial charge is 0.416 e. The Kier molecular flexibility index (Phi) is 40.4. The predicted molar refractivity (Wildman–Crippen MR) is 198 cm³/mol. The van der Waals surface area contributed by atoms with E-state index in [1.807, 2.05) is 53.7 Å². The maximum Gasteiger partial charge on any atom is 0.416 e. The number of unbranched alkanes of at least 4 members (excludes halogenated alkanes) is 2. The molecule has 0 aliphatic heterocycles. The van der Waals surface area contributed by atoms with Gasteiger partial charge in [0.2, 0.25) is 0 Å². The number of rotatable bonds is 6. The molecular formula is C41H67F3O. The minimum Gasteiger partial charge on any atom is -0.304 e. The summed E-state index contributed by atoms with van der Waals surface area (Å²) in [5.41, 5.74) is 5.36. The third-order valence-electron chi connectivity index (χ3n) is 5.34. The van der Waals surface area contributed by atoms with E-state index < -0.39 is 11.7 Å². The number of hydrogen-bond donors (Lipinski definition) is 0. The van der Waals surface area contributed by atoms with Crippen molar-refractivity contribution in [2.75, 3.05) is 0 Å². The van der Waals surface area contributed by atoms with Gasteiger partial charge < -0.3 is 4.79 Å². The van der Waals surface area contributed by atoms with Gasteiger partial charge in [-0.3, -0.25) is 0 Å². The summed E-state index contributed by atoms with van der Waals surface area (Å²) in [7, 11) is 0. The van der Waals surface area contributed by atoms with Crippen molar-refractivity contribution in [3.63, 3.8) is 0 Å². The summed E-state index contributed by atoms with van der Waals surface area (Å²) < 4.78 is 38.9. The normalized spacial score (nSPS) is 10.5. The van der Waals surface area contributed by atoms with Gasteiger partial charge in [-0.15, -0.1) is 6.58 Å². The van der Waals surface area contributed by atoms with Crippen molar-refractivity contribution in [1.82, 2.24) is 0 Å². The molecule has 0 heterocycles. The number of carbonyl (C=O) groups is 1. The Morgan fingerprint density at radius 1 is 0.778 bits per heavy atom. The van der Waals surface area contributed by atoms with Crippen LogP contribution >= 0.6 is 0 Å². The maximum absolute atomic E-state index is 13.0. The maximum atomic E-state index is 13.0. The van der Waals surface area contributed by atoms with E-state index in [1.54, 1.807) is 19.1 Å². The van der Waals surface area contributed by atoms with Crippen LogP contribution in [0.3, 0.4) is 0 Å². The molecule has 1 nitrogen and oxygen atoms in total. The van der Waals surface area contributed by atoms with Crippen LogP contribution in [0, 0.1) is 13.8 Å². The SMILES string of the molecule is C=C(C)C.C=C(C)C(/C=C\C(C)c1ccccc1C(F)(F)F)=C\C.CC.CC=O.CCCC.CCCC.Cc1ccc(C)cc1. The van der Waals surface area contributed by atoms with Crippen LogP contribution in [0.4, 0.5) is 13.2 Å². The molecule has 0 saturated heterocycles. The first-order valence-electron chi connectivity index (χ1n) is 16.3. The Balaban J connectivity index is -0.000000174. The fourth-order valence-corrected chi connectivity index (χ4v) is 2.63. The molecule has 2 rings (SSSR count). The van der Waals surface area contributed by atoms with Crippen LogP contribution in [0.2, 0.25) is 0 Å². The van der Waals surface area contributed by atoms with Gasteiger partial charge in [-0.25, -0.2) is 0 Å². The van der Waals surface area contributed by atoms with Crippen LogP contribution in [0.15, 0.2) is 96.6 Å². The van der Waals surface area contributed by atoms with Gasteiger partial charge in [-0.1, -0.05) is 164 Å². The standard InChI is InChI=1S/C17H19F3.C8H10.C4H8.2C4H10.C2H4O.C2H6/c1-5-14(12(2)3)11-10-13(4)15-8-6-7-9-16(15)17(18,19)20;1-7-3-5-8(2)6-4-7;1-4(2)3;2*1-3-4-2;1-2-3;1-2/h5-11,13H,2H2,1,3-4H3;3-6H,1-2H3;1H2,2-3H3;2*3-4H2,1-2H3;2H,1H3;1-2H3/b11-10-,14-5-;;;;;;. The summed E-state index contributed by atoms with van der Waals surface area (Å²) >= 11 is 0. The van der Waals surface area contributed by atoms with Crippen molar-refractivity contribution >= 4 is 6.29 Å². The van der Waals surface area contributed by atoms with E-state index >= 15 is 0 Å². The summed E-state index contributed by atoms with van der Waals surface area (Å²) in [5.74, 6) is -0.317. The monoisotopic (exact) mass is 633 g/mol. The van der Waals surface area contributed by atoms with E-state index in [0.717, 1.165) is 23.5 Å². The van der Waals surface area contributed by atoms with Gasteiger partial charge in [-0.2, -0.15) is 13.2 Å². The molecule has 2 aromatic rings. The Morgan fingerprint density at radius 3 is 1.38 bits per heavy atom. The third-order valence-corrected chi connectivity index (χ3v) is 5.34. The molecule has 45 heavy (non-hydrogen) atoms. The molecule has 0 amide bonds. The summed E-state index contributed by atoms with van der Waals surface area (Å²) in [5, 5.41) is 0. The molecule has 0 radical (unpaired) electrons. The fraction of sp³-hybridized carbons (Fsp3) is 0.488. The van der Waals surface area contributed by atoms with Crippen LogP contribution in [-0.2, 0) is 11.0 Å². The van der Waals surface area contributed by atoms with Gasteiger partial charge in [0.05, 0.1) is 5.56 Å². The van der Waals surface area contributed by atoms with Gasteiger partial charge in [0, 0.05) is 0 Å². The molecule has 0 aliphatic carbocycles. The first kappa shape index (κ1) is 51.4. The molecule has 1 atom stereocenters. The minimum absolute atomic E-state index is 0.286. The first-order valence-corrected chi connectivity index (χ1v) is 16.3. The van der Waals surface area contributed by atoms with Crippen molar-refractivity contribution in [3.05, 3.63) is 119 Å². The Labute approximate surface area is 277 Å². The second-order valence-electron chi connectivity index (χ2n) is 10.4. The number of halogens is 3. The number of aryl methyl sites for hydroxylation is 2. The summed E-state index contributed by atoms with van der Waals surface area (Å²) in [4.78, 5) is 8.81. The number of hydrogen-bond acceptors (Lipinski definition) is 1. The predicted octanol–water partition coefficient (Wildman–Crippen LogP) is 14.6. The second kappa shape index (κ2) is 35.3. The van der Waals surface area contributed by atoms with Crippen molar-refractivity contribution in [2.45, 2.75) is 135 Å². The molecular weight excluding hydrogens is 565 g/mol. The van der Waals surface area contributed by atoms with Crippen LogP contribution in [0.1, 0.15) is 137 Å². The Bertz CT molecular complexity index is 992. The van der Waals surface area contributed by atoms with Crippen molar-refractivity contribution in [1.29, 1.82) is 0 Å². The van der Waals surface area contributed by atoms with E-state index in [2.05, 4.69) is 79.0 Å². The van der Waals surface area contributed by atoms with E-state index in [1.165, 1.54) is 61.4 Å². The summed E-state index contributed by atoms with van der Waals surface area (Å²) in [6.45, 7) is 35.2. The van der Waals surface area contributed by atoms with Gasteiger partial charge in [-0.05, 0) is 71.6 Å². The highest BCUT2D eigenvalue weighted by molar-refractivity contribution is 5.44. The van der Waals surface area contributed by atoms with Crippen molar-refractivity contribution in [3.8, 4) is 0 Å². The van der Waals surface area contributed by atoms with E-state index in [-0.39, 0.29) is 11.5 Å². The highest BCUT2D eigenvalue weighted by Gasteiger charge is 2.33. The molecule has 0 N–H and O–H groups in total. The van der Waals surface area contributed by atoms with Crippen LogP contribution < -0.4 is 0 Å². The molecule has 0 bridgehead atoms. The number of carbonyl (C=O) groups excluding carboxylic acids is 1. The molecule has 0 spiro atoms. The molecule has 1 unspecified atom stereocenters. The molecule has 0 aromatic heterocycles. The first-order chi connectivity index (χ1) is 21.0. The quantitative estimate of drug-likeness (QED) is 0.176. The average Bonchev–Trinajstić information content (AvgIpc) is 3.00. The van der Waals surface area contributed by atoms with Crippen molar-refractivity contribution in [2.24, 2.45) is 0 Å². The average molecular weight is 633 g/mol. The zero-order valence-electron chi connectivity index (χ0n) is 31.3. The number of allylic oxidation sites excluding steroid dienone is 6. The number of benzene rings is 2. The number of aldehydes is 1. The van der Waals surface area contributed by atoms with Gasteiger partial charge >= 0.3 is 6.18 Å². The smallest absolute Gasteiger partial charge is 0.304 e. The van der Waals surface area contributed by atoms with Crippen molar-refractivity contribution < 1.29 is 18.0 Å². The lowest BCUT2D eigenvalue weighted by Crippen LogP contribution is -2.10. The zero-order valence-corrected chi connectivity index (χ0v) is 31.3. The number of alkyl halides is 3. The highest BCUT2D eigenvalue weighted by atomic mass is 19.4. The molecule has 0 fully saturated rings. The van der Waals surface area contributed by atoms with Gasteiger partial charge in [0.15, 0.2) is 0 Å². The fourth-order valence-electron chi connectivity index (χ4n) is 2.63. The summed E-state index contributed by atoms with van der Waals surface area (Å²) in [6.07, 6.45) is 7.19. The Morgan fingerprint density at radius 2 is 1.11 bits per heavy atom. The molecule has 4 heteroatoms. The van der Waals surface area contributed by atoms with E-state index in [9.17, 15) is 13.2 Å². The molecule has 2 aromatic carbocycles. The third kappa shape index (κ3) is 37.0. The molecule has 258 valence electrons. The topological polar surface area (TPSA) is 17.1 Å². The zero-order chi connectivity index (χ0) is 36.4. The van der Waals surface area contributed by atoms with Gasteiger partial charge in [0.1, 0.15) is 6.29 Å². The lowest BCUT2D eigenvalue weighted by atomic mass is 9.94. The van der Waals surface area contributed by atoms with Gasteiger partial charge in [0.25, 0.3) is 0 Å². The van der Waals surface area contributed by atoms with Crippen LogP contribution in [0.5, 0.6) is 0 Å². The highest BCUT2D eigenvalue weighted by Crippen LogP contribution is 2.35. The van der Waals surface area contributed by atoms with E-state index in [4.69, 9.17) is 4.79 Å². The Hall–Kier alpha value is -3.14. The van der Waals surface area contributed by atoms with Crippen LogP contribution in [0.25, 0.3) is 0 Å². The summed E-state index contributed by atoms with van der Waals surface area (Å²) in [6, 6.07) is 14.2. The minimum atomic E-state index is -4.32. The van der Waals surface area contributed by atoms with E-state index in [0.29, 0.717) is 0 Å². The lowest BCUT2D eigenvalue weighted by molar-refractivity contribution is -0.138. The van der Waals surface area contributed by atoms with Crippen LogP contribution in [-0.4, -0.2) is 6.29 Å². The second-order valence-corrected chi connectivity index (χ2v) is 10.4. The molecule has 0 aliphatic rings.